The Bertz CT molecular complexity index is 405. The van der Waals surface area contributed by atoms with Crippen molar-refractivity contribution < 1.29 is 0 Å². The van der Waals surface area contributed by atoms with Crippen LogP contribution in [0.2, 0.25) is 0 Å². The van der Waals surface area contributed by atoms with Crippen LogP contribution >= 0.6 is 31.9 Å². The molecule has 0 aliphatic heterocycles. The van der Waals surface area contributed by atoms with E-state index in [1.165, 1.54) is 24.8 Å². The molecule has 0 heterocycles. The Morgan fingerprint density at radius 3 is 2.56 bits per heavy atom. The molecule has 0 bridgehead atoms. The maximum atomic E-state index is 5.96. The number of hydrogen-bond acceptors (Lipinski definition) is 2. The summed E-state index contributed by atoms with van der Waals surface area (Å²) < 4.78 is 2.18. The van der Waals surface area contributed by atoms with Gasteiger partial charge in [0.25, 0.3) is 0 Å². The van der Waals surface area contributed by atoms with E-state index in [9.17, 15) is 0 Å². The zero-order valence-electron chi connectivity index (χ0n) is 10.7. The van der Waals surface area contributed by atoms with Crippen LogP contribution < -0.4 is 5.73 Å². The molecular weight excluding hydrogens is 356 g/mol. The number of hydrogen-bond donors (Lipinski definition) is 1. The first-order chi connectivity index (χ1) is 8.61. The summed E-state index contributed by atoms with van der Waals surface area (Å²) in [6.07, 6.45) is 4.16. The Labute approximate surface area is 126 Å². The average Bonchev–Trinajstić information content (AvgIpc) is 2.29. The molecule has 1 aliphatic carbocycles. The monoisotopic (exact) mass is 374 g/mol. The Hall–Kier alpha value is 0.1000. The lowest BCUT2D eigenvalue weighted by Gasteiger charge is -2.34. The second kappa shape index (κ2) is 6.51. The van der Waals surface area contributed by atoms with E-state index in [0.717, 1.165) is 21.4 Å². The topological polar surface area (TPSA) is 29.3 Å². The Balaban J connectivity index is 2.08. The Morgan fingerprint density at radius 2 is 2.06 bits per heavy atom. The number of nitrogens with two attached hydrogens (primary N) is 1. The number of rotatable bonds is 5. The van der Waals surface area contributed by atoms with Crippen molar-refractivity contribution in [3.63, 3.8) is 0 Å². The van der Waals surface area contributed by atoms with Gasteiger partial charge in [0, 0.05) is 28.1 Å². The zero-order chi connectivity index (χ0) is 13.1. The smallest absolute Gasteiger partial charge is 0.0467 e. The minimum absolute atomic E-state index is 0.315. The average molecular weight is 376 g/mol. The fourth-order valence-electron chi connectivity index (χ4n) is 2.50. The molecule has 2 rings (SSSR count). The van der Waals surface area contributed by atoms with Gasteiger partial charge in [-0.1, -0.05) is 12.5 Å². The van der Waals surface area contributed by atoms with Crippen LogP contribution in [0, 0.1) is 5.92 Å². The molecule has 1 aromatic rings. The molecule has 4 heteroatoms. The van der Waals surface area contributed by atoms with Crippen LogP contribution in [-0.4, -0.2) is 25.0 Å². The van der Waals surface area contributed by atoms with Gasteiger partial charge < -0.3 is 5.73 Å². The first kappa shape index (κ1) is 14.5. The van der Waals surface area contributed by atoms with E-state index in [1.807, 2.05) is 0 Å². The van der Waals surface area contributed by atoms with Gasteiger partial charge in [0.1, 0.15) is 0 Å². The maximum Gasteiger partial charge on any atom is 0.0467 e. The van der Waals surface area contributed by atoms with Crippen molar-refractivity contribution in [2.24, 2.45) is 11.7 Å². The van der Waals surface area contributed by atoms with Crippen molar-refractivity contribution in [3.05, 3.63) is 32.7 Å². The van der Waals surface area contributed by atoms with Gasteiger partial charge in [-0.15, -0.1) is 0 Å². The molecule has 1 unspecified atom stereocenters. The highest BCUT2D eigenvalue weighted by Gasteiger charge is 2.23. The zero-order valence-corrected chi connectivity index (χ0v) is 13.9. The van der Waals surface area contributed by atoms with Crippen molar-refractivity contribution in [3.8, 4) is 0 Å². The summed E-state index contributed by atoms with van der Waals surface area (Å²) in [5, 5.41) is 0. The molecule has 18 heavy (non-hydrogen) atoms. The highest BCUT2D eigenvalue weighted by molar-refractivity contribution is 9.13. The van der Waals surface area contributed by atoms with Gasteiger partial charge in [-0.2, -0.15) is 0 Å². The molecule has 0 spiro atoms. The van der Waals surface area contributed by atoms with Crippen molar-refractivity contribution in [2.45, 2.75) is 25.3 Å². The van der Waals surface area contributed by atoms with E-state index < -0.39 is 0 Å². The summed E-state index contributed by atoms with van der Waals surface area (Å²) in [5.74, 6) is 0.878. The third-order valence-corrected chi connectivity index (χ3v) is 5.73. The van der Waals surface area contributed by atoms with Crippen molar-refractivity contribution >= 4 is 31.9 Å². The third-order valence-electron chi connectivity index (χ3n) is 3.85. The molecular formula is C14H20Br2N2. The predicted molar refractivity (Wildman–Crippen MR) is 83.6 cm³/mol. The molecule has 0 radical (unpaired) electrons. The molecule has 100 valence electrons. The van der Waals surface area contributed by atoms with Gasteiger partial charge in [-0.05, 0) is 75.4 Å². The minimum Gasteiger partial charge on any atom is -0.329 e. The summed E-state index contributed by atoms with van der Waals surface area (Å²) >= 11 is 7.07. The number of likely N-dealkylation sites (N-methyl/N-ethyl adjacent to an activating group) is 1. The van der Waals surface area contributed by atoms with Crippen LogP contribution in [-0.2, 0) is 0 Å². The van der Waals surface area contributed by atoms with Crippen LogP contribution in [0.5, 0.6) is 0 Å². The molecule has 2 N–H and O–H groups in total. The van der Waals surface area contributed by atoms with Crippen molar-refractivity contribution in [2.75, 3.05) is 20.1 Å². The van der Waals surface area contributed by atoms with Gasteiger partial charge in [0.2, 0.25) is 0 Å². The van der Waals surface area contributed by atoms with Gasteiger partial charge >= 0.3 is 0 Å². The quantitative estimate of drug-likeness (QED) is 0.844. The highest BCUT2D eigenvalue weighted by atomic mass is 79.9. The molecule has 1 aromatic carbocycles. The standard InChI is InChI=1S/C14H20Br2N2/c1-18(9-10-3-2-4-10)14(8-17)11-5-6-12(15)13(16)7-11/h5-7,10,14H,2-4,8-9,17H2,1H3. The van der Waals surface area contributed by atoms with Gasteiger partial charge in [0.05, 0.1) is 0 Å². The van der Waals surface area contributed by atoms with Crippen LogP contribution in [0.15, 0.2) is 27.1 Å². The van der Waals surface area contributed by atoms with Crippen molar-refractivity contribution in [1.82, 2.24) is 4.90 Å². The first-order valence-corrected chi connectivity index (χ1v) is 8.05. The van der Waals surface area contributed by atoms with Crippen LogP contribution in [0.3, 0.4) is 0 Å². The van der Waals surface area contributed by atoms with Crippen LogP contribution in [0.1, 0.15) is 30.9 Å². The molecule has 1 atom stereocenters. The molecule has 0 amide bonds. The number of benzene rings is 1. The van der Waals surface area contributed by atoms with Gasteiger partial charge in [-0.3, -0.25) is 4.90 Å². The van der Waals surface area contributed by atoms with E-state index in [0.29, 0.717) is 12.6 Å². The summed E-state index contributed by atoms with van der Waals surface area (Å²) in [6.45, 7) is 1.83. The second-order valence-corrected chi connectivity index (χ2v) is 6.87. The summed E-state index contributed by atoms with van der Waals surface area (Å²) in [5.41, 5.74) is 7.25. The minimum atomic E-state index is 0.315. The SMILES string of the molecule is CN(CC1CCC1)C(CN)c1ccc(Br)c(Br)c1. The molecule has 0 aromatic heterocycles. The summed E-state index contributed by atoms with van der Waals surface area (Å²) in [6, 6.07) is 6.72. The molecule has 1 aliphatic rings. The number of halogens is 2. The maximum absolute atomic E-state index is 5.96. The van der Waals surface area contributed by atoms with Gasteiger partial charge in [0.15, 0.2) is 0 Å². The largest absolute Gasteiger partial charge is 0.329 e. The Kier molecular flexibility index (Phi) is 5.24. The third kappa shape index (κ3) is 3.35. The number of nitrogens with zero attached hydrogens (tertiary/aromatic N) is 1. The molecule has 0 saturated heterocycles. The van der Waals surface area contributed by atoms with Crippen molar-refractivity contribution in [1.29, 1.82) is 0 Å². The lowest BCUT2D eigenvalue weighted by Crippen LogP contribution is -2.36. The van der Waals surface area contributed by atoms with Crippen LogP contribution in [0.4, 0.5) is 0 Å². The van der Waals surface area contributed by atoms with E-state index in [2.05, 4.69) is 62.0 Å². The molecule has 1 fully saturated rings. The fourth-order valence-corrected chi connectivity index (χ4v) is 3.14. The second-order valence-electron chi connectivity index (χ2n) is 5.16. The highest BCUT2D eigenvalue weighted by Crippen LogP contribution is 2.31. The fraction of sp³-hybridized carbons (Fsp3) is 0.571. The lowest BCUT2D eigenvalue weighted by molar-refractivity contribution is 0.165. The lowest BCUT2D eigenvalue weighted by atomic mass is 9.85. The van der Waals surface area contributed by atoms with Gasteiger partial charge in [-0.25, -0.2) is 0 Å². The van der Waals surface area contributed by atoms with E-state index in [-0.39, 0.29) is 0 Å². The molecule has 2 nitrogen and oxygen atoms in total. The van der Waals surface area contributed by atoms with Crippen LogP contribution in [0.25, 0.3) is 0 Å². The predicted octanol–water partition coefficient (Wildman–Crippen LogP) is 3.94. The van der Waals surface area contributed by atoms with E-state index >= 15 is 0 Å². The summed E-state index contributed by atoms with van der Waals surface area (Å²) in [4.78, 5) is 2.40. The normalized spacial score (nSPS) is 17.8. The Morgan fingerprint density at radius 1 is 1.33 bits per heavy atom. The van der Waals surface area contributed by atoms with E-state index in [1.54, 1.807) is 0 Å². The summed E-state index contributed by atoms with van der Waals surface area (Å²) in [7, 11) is 2.19. The van der Waals surface area contributed by atoms with E-state index in [4.69, 9.17) is 5.73 Å². The molecule has 1 saturated carbocycles. The first-order valence-electron chi connectivity index (χ1n) is 6.47.